The summed E-state index contributed by atoms with van der Waals surface area (Å²) < 4.78 is 0. The van der Waals surface area contributed by atoms with Gasteiger partial charge in [0.2, 0.25) is 0 Å². The van der Waals surface area contributed by atoms with E-state index in [0.29, 0.717) is 5.92 Å². The van der Waals surface area contributed by atoms with Crippen LogP contribution in [-0.4, -0.2) is 33.0 Å². The van der Waals surface area contributed by atoms with Crippen LogP contribution in [0.1, 0.15) is 36.0 Å². The van der Waals surface area contributed by atoms with E-state index in [1.165, 1.54) is 0 Å². The van der Waals surface area contributed by atoms with Crippen molar-refractivity contribution in [1.29, 1.82) is 0 Å². The molecule has 1 fully saturated rings. The van der Waals surface area contributed by atoms with Crippen molar-refractivity contribution in [3.05, 3.63) is 41.9 Å². The zero-order valence-electron chi connectivity index (χ0n) is 12.0. The molecule has 0 aromatic carbocycles. The predicted molar refractivity (Wildman–Crippen MR) is 77.7 cm³/mol. The molecule has 0 spiro atoms. The van der Waals surface area contributed by atoms with E-state index in [1.54, 1.807) is 12.4 Å². The van der Waals surface area contributed by atoms with E-state index in [9.17, 15) is 0 Å². The van der Waals surface area contributed by atoms with Crippen molar-refractivity contribution in [3.63, 3.8) is 0 Å². The molecule has 0 N–H and O–H groups in total. The van der Waals surface area contributed by atoms with Gasteiger partial charge in [-0.3, -0.25) is 4.98 Å². The standard InChI is InChI=1S/C15H19N5/c1-11-8-12(2)19-15(18-11)13-4-3-7-20(10-13)14-9-16-5-6-17-14/h5-6,8-9,13H,3-4,7,10H2,1-2H3/t13-/m0/s1. The zero-order chi connectivity index (χ0) is 13.9. The summed E-state index contributed by atoms with van der Waals surface area (Å²) in [5.74, 6) is 2.29. The molecule has 1 atom stereocenters. The third-order valence-corrected chi connectivity index (χ3v) is 3.66. The quantitative estimate of drug-likeness (QED) is 0.837. The highest BCUT2D eigenvalue weighted by Crippen LogP contribution is 2.27. The Labute approximate surface area is 119 Å². The fourth-order valence-electron chi connectivity index (χ4n) is 2.79. The minimum absolute atomic E-state index is 0.379. The van der Waals surface area contributed by atoms with Crippen molar-refractivity contribution in [2.24, 2.45) is 0 Å². The van der Waals surface area contributed by atoms with Crippen LogP contribution in [-0.2, 0) is 0 Å². The van der Waals surface area contributed by atoms with Gasteiger partial charge in [-0.25, -0.2) is 15.0 Å². The SMILES string of the molecule is Cc1cc(C)nc([C@H]2CCCN(c3cnccn3)C2)n1. The number of aryl methyl sites for hydroxylation is 2. The highest BCUT2D eigenvalue weighted by molar-refractivity contribution is 5.36. The van der Waals surface area contributed by atoms with Crippen LogP contribution in [0.25, 0.3) is 0 Å². The summed E-state index contributed by atoms with van der Waals surface area (Å²) >= 11 is 0. The Balaban J connectivity index is 1.81. The average molecular weight is 269 g/mol. The summed E-state index contributed by atoms with van der Waals surface area (Å²) in [6.07, 6.45) is 7.55. The molecule has 1 aliphatic rings. The smallest absolute Gasteiger partial charge is 0.147 e. The van der Waals surface area contributed by atoms with Crippen LogP contribution >= 0.6 is 0 Å². The molecule has 2 aromatic heterocycles. The average Bonchev–Trinajstić information content (AvgIpc) is 2.47. The van der Waals surface area contributed by atoms with Gasteiger partial charge in [-0.1, -0.05) is 0 Å². The summed E-state index contributed by atoms with van der Waals surface area (Å²) in [7, 11) is 0. The molecule has 3 rings (SSSR count). The van der Waals surface area contributed by atoms with E-state index < -0.39 is 0 Å². The minimum atomic E-state index is 0.379. The molecule has 104 valence electrons. The monoisotopic (exact) mass is 269 g/mol. The fraction of sp³-hybridized carbons (Fsp3) is 0.467. The molecule has 1 saturated heterocycles. The van der Waals surface area contributed by atoms with Crippen molar-refractivity contribution in [2.45, 2.75) is 32.6 Å². The highest BCUT2D eigenvalue weighted by Gasteiger charge is 2.24. The van der Waals surface area contributed by atoms with Gasteiger partial charge in [-0.2, -0.15) is 0 Å². The minimum Gasteiger partial charge on any atom is -0.355 e. The van der Waals surface area contributed by atoms with Gasteiger partial charge in [0.15, 0.2) is 0 Å². The van der Waals surface area contributed by atoms with Gasteiger partial charge >= 0.3 is 0 Å². The maximum atomic E-state index is 4.61. The summed E-state index contributed by atoms with van der Waals surface area (Å²) in [5.41, 5.74) is 2.09. The van der Waals surface area contributed by atoms with Crippen molar-refractivity contribution in [2.75, 3.05) is 18.0 Å². The van der Waals surface area contributed by atoms with E-state index in [1.807, 2.05) is 26.1 Å². The van der Waals surface area contributed by atoms with E-state index in [4.69, 9.17) is 0 Å². The van der Waals surface area contributed by atoms with Gasteiger partial charge in [0, 0.05) is 42.8 Å². The van der Waals surface area contributed by atoms with E-state index in [-0.39, 0.29) is 0 Å². The van der Waals surface area contributed by atoms with Gasteiger partial charge in [-0.05, 0) is 32.8 Å². The first-order valence-corrected chi connectivity index (χ1v) is 7.05. The van der Waals surface area contributed by atoms with Crippen LogP contribution in [0.4, 0.5) is 5.82 Å². The third kappa shape index (κ3) is 2.76. The second-order valence-corrected chi connectivity index (χ2v) is 5.36. The van der Waals surface area contributed by atoms with Gasteiger partial charge in [-0.15, -0.1) is 0 Å². The van der Waals surface area contributed by atoms with Crippen molar-refractivity contribution in [1.82, 2.24) is 19.9 Å². The third-order valence-electron chi connectivity index (χ3n) is 3.66. The van der Waals surface area contributed by atoms with Crippen LogP contribution in [0.15, 0.2) is 24.7 Å². The fourth-order valence-corrected chi connectivity index (χ4v) is 2.79. The van der Waals surface area contributed by atoms with E-state index in [2.05, 4.69) is 24.8 Å². The number of hydrogen-bond acceptors (Lipinski definition) is 5. The van der Waals surface area contributed by atoms with Gasteiger partial charge in [0.1, 0.15) is 11.6 Å². The molecule has 5 heteroatoms. The van der Waals surface area contributed by atoms with Crippen LogP contribution < -0.4 is 4.90 Å². The van der Waals surface area contributed by atoms with E-state index >= 15 is 0 Å². The van der Waals surface area contributed by atoms with Crippen LogP contribution in [0.2, 0.25) is 0 Å². The molecule has 1 aliphatic heterocycles. The van der Waals surface area contributed by atoms with Crippen LogP contribution in [0, 0.1) is 13.8 Å². The Morgan fingerprint density at radius 1 is 1.15 bits per heavy atom. The van der Waals surface area contributed by atoms with Crippen molar-refractivity contribution >= 4 is 5.82 Å². The molecular formula is C15H19N5. The van der Waals surface area contributed by atoms with Crippen molar-refractivity contribution < 1.29 is 0 Å². The topological polar surface area (TPSA) is 54.8 Å². The molecule has 3 heterocycles. The first-order chi connectivity index (χ1) is 9.72. The molecule has 20 heavy (non-hydrogen) atoms. The maximum Gasteiger partial charge on any atom is 0.147 e. The lowest BCUT2D eigenvalue weighted by Gasteiger charge is -2.32. The predicted octanol–water partition coefficient (Wildman–Crippen LogP) is 2.27. The molecule has 0 bridgehead atoms. The number of aromatic nitrogens is 4. The highest BCUT2D eigenvalue weighted by atomic mass is 15.2. The van der Waals surface area contributed by atoms with E-state index in [0.717, 1.165) is 49.0 Å². The molecule has 0 unspecified atom stereocenters. The summed E-state index contributed by atoms with van der Waals surface area (Å²) in [6.45, 7) is 6.00. The summed E-state index contributed by atoms with van der Waals surface area (Å²) in [4.78, 5) is 20.0. The van der Waals surface area contributed by atoms with Crippen molar-refractivity contribution in [3.8, 4) is 0 Å². The number of piperidine rings is 1. The molecular weight excluding hydrogens is 250 g/mol. The second-order valence-electron chi connectivity index (χ2n) is 5.36. The lowest BCUT2D eigenvalue weighted by atomic mass is 9.97. The van der Waals surface area contributed by atoms with Gasteiger partial charge < -0.3 is 4.90 Å². The largest absolute Gasteiger partial charge is 0.355 e. The van der Waals surface area contributed by atoms with Gasteiger partial charge in [0.25, 0.3) is 0 Å². The number of anilines is 1. The lowest BCUT2D eigenvalue weighted by molar-refractivity contribution is 0.486. The maximum absolute atomic E-state index is 4.61. The molecule has 2 aromatic rings. The zero-order valence-corrected chi connectivity index (χ0v) is 12.0. The Kier molecular flexibility index (Phi) is 3.58. The Bertz CT molecular complexity index is 564. The van der Waals surface area contributed by atoms with Crippen LogP contribution in [0.5, 0.6) is 0 Å². The Hall–Kier alpha value is -2.04. The summed E-state index contributed by atoms with van der Waals surface area (Å²) in [5, 5.41) is 0. The van der Waals surface area contributed by atoms with Gasteiger partial charge in [0.05, 0.1) is 6.20 Å². The molecule has 0 saturated carbocycles. The Morgan fingerprint density at radius 3 is 2.65 bits per heavy atom. The lowest BCUT2D eigenvalue weighted by Crippen LogP contribution is -2.35. The second kappa shape index (κ2) is 5.53. The number of rotatable bonds is 2. The first kappa shape index (κ1) is 13.0. The first-order valence-electron chi connectivity index (χ1n) is 7.05. The normalized spacial score (nSPS) is 19.1. The molecule has 0 radical (unpaired) electrons. The molecule has 5 nitrogen and oxygen atoms in total. The molecule has 0 amide bonds. The summed E-state index contributed by atoms with van der Waals surface area (Å²) in [6, 6.07) is 2.02. The molecule has 0 aliphatic carbocycles. The number of hydrogen-bond donors (Lipinski definition) is 0. The van der Waals surface area contributed by atoms with Crippen LogP contribution in [0.3, 0.4) is 0 Å². The Morgan fingerprint density at radius 2 is 1.95 bits per heavy atom. The number of nitrogens with zero attached hydrogens (tertiary/aromatic N) is 5.